The molecule has 2 aromatic heterocycles. The molecule has 0 aliphatic carbocycles. The van der Waals surface area contributed by atoms with Crippen molar-refractivity contribution >= 4 is 53.4 Å². The molecule has 0 radical (unpaired) electrons. The first-order chi connectivity index (χ1) is 20.1. The van der Waals surface area contributed by atoms with Crippen LogP contribution in [0.4, 0.5) is 11.4 Å². The Morgan fingerprint density at radius 1 is 0.810 bits per heavy atom. The van der Waals surface area contributed by atoms with Crippen molar-refractivity contribution in [1.29, 1.82) is 0 Å². The molecule has 2 heterocycles. The molecule has 0 aliphatic heterocycles. The van der Waals surface area contributed by atoms with Gasteiger partial charge in [-0.25, -0.2) is 21.8 Å². The van der Waals surface area contributed by atoms with Gasteiger partial charge in [-0.2, -0.15) is 0 Å². The molecule has 0 amide bonds. The molecule has 42 heavy (non-hydrogen) atoms. The Morgan fingerprint density at radius 3 is 2.14 bits per heavy atom. The molecule has 0 saturated carbocycles. The molecule has 0 spiro atoms. The molecule has 0 atom stereocenters. The second-order valence-electron chi connectivity index (χ2n) is 10.1. The topological polar surface area (TPSA) is 112 Å². The number of pyridine rings is 1. The van der Waals surface area contributed by atoms with Crippen molar-refractivity contribution in [2.24, 2.45) is 0 Å². The largest absolute Gasteiger partial charge is 0.339 e. The third-order valence-electron chi connectivity index (χ3n) is 7.20. The molecule has 0 fully saturated rings. The molecular weight excluding hydrogens is 569 g/mol. The first-order valence-electron chi connectivity index (χ1n) is 13.2. The highest BCUT2D eigenvalue weighted by Gasteiger charge is 2.19. The van der Waals surface area contributed by atoms with Gasteiger partial charge in [0.1, 0.15) is 5.65 Å². The van der Waals surface area contributed by atoms with E-state index in [1.165, 1.54) is 17.6 Å². The van der Waals surface area contributed by atoms with Crippen molar-refractivity contribution in [3.8, 4) is 22.3 Å². The summed E-state index contributed by atoms with van der Waals surface area (Å²) < 4.78 is 54.0. The zero-order valence-electron chi connectivity index (χ0n) is 22.9. The molecule has 0 unspecified atom stereocenters. The molecule has 8 nitrogen and oxygen atoms in total. The van der Waals surface area contributed by atoms with Crippen molar-refractivity contribution in [2.75, 3.05) is 22.3 Å². The number of aromatic nitrogens is 2. The Balaban J connectivity index is 1.49. The van der Waals surface area contributed by atoms with E-state index in [-0.39, 0.29) is 5.75 Å². The number of anilines is 2. The SMILES string of the molecule is CN(c1ccc(-c2cnc3[nH]c4ccc(NS(=O)(=O)Cc5ccccc5)cc4c3c2-c2ccccc2)cc1)S(C)(=O)=O. The van der Waals surface area contributed by atoms with Gasteiger partial charge in [0, 0.05) is 46.3 Å². The van der Waals surface area contributed by atoms with Gasteiger partial charge in [-0.05, 0) is 47.0 Å². The number of rotatable bonds is 8. The Hall–Kier alpha value is -4.67. The minimum absolute atomic E-state index is 0.134. The van der Waals surface area contributed by atoms with Crippen molar-refractivity contribution in [3.05, 3.63) is 115 Å². The van der Waals surface area contributed by atoms with Gasteiger partial charge in [0.15, 0.2) is 0 Å². The highest BCUT2D eigenvalue weighted by Crippen LogP contribution is 2.41. The van der Waals surface area contributed by atoms with Crippen LogP contribution in [0.3, 0.4) is 0 Å². The fraction of sp³-hybridized carbons (Fsp3) is 0.0938. The van der Waals surface area contributed by atoms with Crippen molar-refractivity contribution in [1.82, 2.24) is 9.97 Å². The van der Waals surface area contributed by atoms with Crippen LogP contribution in [0.25, 0.3) is 44.2 Å². The average molecular weight is 597 g/mol. The monoisotopic (exact) mass is 596 g/mol. The summed E-state index contributed by atoms with van der Waals surface area (Å²) in [6.45, 7) is 0. The first kappa shape index (κ1) is 27.5. The van der Waals surface area contributed by atoms with Crippen LogP contribution in [0.2, 0.25) is 0 Å². The molecule has 212 valence electrons. The van der Waals surface area contributed by atoms with Crippen LogP contribution in [-0.4, -0.2) is 40.1 Å². The van der Waals surface area contributed by atoms with E-state index >= 15 is 0 Å². The first-order valence-corrected chi connectivity index (χ1v) is 16.7. The maximum absolute atomic E-state index is 13.0. The third kappa shape index (κ3) is 5.46. The number of benzene rings is 4. The second kappa shape index (κ2) is 10.6. The Morgan fingerprint density at radius 2 is 1.48 bits per heavy atom. The minimum atomic E-state index is -3.65. The van der Waals surface area contributed by atoms with Gasteiger partial charge in [-0.1, -0.05) is 72.8 Å². The Labute approximate surface area is 244 Å². The van der Waals surface area contributed by atoms with Crippen LogP contribution in [0, 0.1) is 0 Å². The van der Waals surface area contributed by atoms with E-state index < -0.39 is 20.0 Å². The van der Waals surface area contributed by atoms with E-state index in [1.54, 1.807) is 36.5 Å². The average Bonchev–Trinajstić information content (AvgIpc) is 3.34. The lowest BCUT2D eigenvalue weighted by molar-refractivity contribution is 0.598. The minimum Gasteiger partial charge on any atom is -0.339 e. The zero-order valence-corrected chi connectivity index (χ0v) is 24.6. The number of fused-ring (bicyclic) bond motifs is 3. The van der Waals surface area contributed by atoms with Crippen molar-refractivity contribution in [2.45, 2.75) is 5.75 Å². The van der Waals surface area contributed by atoms with Crippen molar-refractivity contribution < 1.29 is 16.8 Å². The molecule has 6 aromatic rings. The maximum Gasteiger partial charge on any atom is 0.236 e. The van der Waals surface area contributed by atoms with Gasteiger partial charge in [0.05, 0.1) is 17.7 Å². The number of hydrogen-bond donors (Lipinski definition) is 2. The second-order valence-corrected chi connectivity index (χ2v) is 13.9. The fourth-order valence-corrected chi connectivity index (χ4v) is 6.79. The lowest BCUT2D eigenvalue weighted by Gasteiger charge is -2.17. The third-order valence-corrected chi connectivity index (χ3v) is 9.66. The summed E-state index contributed by atoms with van der Waals surface area (Å²) in [6.07, 6.45) is 2.97. The van der Waals surface area contributed by atoms with E-state index in [9.17, 15) is 16.8 Å². The maximum atomic E-state index is 13.0. The van der Waals surface area contributed by atoms with Gasteiger partial charge in [0.25, 0.3) is 0 Å². The fourth-order valence-electron chi connectivity index (χ4n) is 5.09. The zero-order chi connectivity index (χ0) is 29.5. The van der Waals surface area contributed by atoms with Gasteiger partial charge in [-0.3, -0.25) is 9.03 Å². The number of H-pyrrole nitrogens is 1. The molecule has 6 rings (SSSR count). The van der Waals surface area contributed by atoms with E-state index in [1.807, 2.05) is 72.8 Å². The lowest BCUT2D eigenvalue weighted by Crippen LogP contribution is -2.24. The summed E-state index contributed by atoms with van der Waals surface area (Å²) in [5, 5.41) is 1.68. The smallest absolute Gasteiger partial charge is 0.236 e. The summed E-state index contributed by atoms with van der Waals surface area (Å²) >= 11 is 0. The van der Waals surface area contributed by atoms with E-state index in [2.05, 4.69) is 9.71 Å². The standard InChI is InChI=1S/C32H28N4O4S2/c1-36(41(2,37)38)26-16-13-23(14-17-26)28-20-33-32-31(30(28)24-11-7-4-8-12-24)27-19-25(15-18-29(27)34-32)35-42(39,40)21-22-9-5-3-6-10-22/h3-20,35H,21H2,1-2H3,(H,33,34). The van der Waals surface area contributed by atoms with Crippen LogP contribution >= 0.6 is 0 Å². The highest BCUT2D eigenvalue weighted by molar-refractivity contribution is 7.92. The summed E-state index contributed by atoms with van der Waals surface area (Å²) in [5.41, 5.74) is 6.82. The molecular formula is C32H28N4O4S2. The van der Waals surface area contributed by atoms with Crippen LogP contribution < -0.4 is 9.03 Å². The Kier molecular flexibility index (Phi) is 6.96. The number of hydrogen-bond acceptors (Lipinski definition) is 5. The highest BCUT2D eigenvalue weighted by atomic mass is 32.2. The van der Waals surface area contributed by atoms with E-state index in [0.717, 1.165) is 38.5 Å². The summed E-state index contributed by atoms with van der Waals surface area (Å²) in [4.78, 5) is 8.11. The molecule has 0 aliphatic rings. The summed E-state index contributed by atoms with van der Waals surface area (Å²) in [6, 6.07) is 31.7. The van der Waals surface area contributed by atoms with Gasteiger partial charge in [0.2, 0.25) is 20.0 Å². The molecule has 10 heteroatoms. The van der Waals surface area contributed by atoms with Crippen LogP contribution in [0.15, 0.2) is 109 Å². The van der Waals surface area contributed by atoms with Gasteiger partial charge in [-0.15, -0.1) is 0 Å². The Bertz CT molecular complexity index is 2130. The summed E-state index contributed by atoms with van der Waals surface area (Å²) in [7, 11) is -5.53. The molecule has 2 N–H and O–H groups in total. The number of sulfonamides is 2. The number of nitrogens with one attached hydrogen (secondary N) is 2. The summed E-state index contributed by atoms with van der Waals surface area (Å²) in [5.74, 6) is -0.134. The number of nitrogens with zero attached hydrogens (tertiary/aromatic N) is 2. The van der Waals surface area contributed by atoms with E-state index in [0.29, 0.717) is 22.6 Å². The number of aromatic amines is 1. The normalized spacial score (nSPS) is 12.0. The van der Waals surface area contributed by atoms with Gasteiger partial charge >= 0.3 is 0 Å². The van der Waals surface area contributed by atoms with E-state index in [4.69, 9.17) is 4.98 Å². The van der Waals surface area contributed by atoms with Crippen molar-refractivity contribution in [3.63, 3.8) is 0 Å². The quantitative estimate of drug-likeness (QED) is 0.212. The molecule has 4 aromatic carbocycles. The molecule has 0 bridgehead atoms. The predicted octanol–water partition coefficient (Wildman–Crippen LogP) is 6.39. The van der Waals surface area contributed by atoms with Crippen LogP contribution in [0.5, 0.6) is 0 Å². The lowest BCUT2D eigenvalue weighted by atomic mass is 9.92. The molecule has 0 saturated heterocycles. The van der Waals surface area contributed by atoms with Gasteiger partial charge < -0.3 is 4.98 Å². The predicted molar refractivity (Wildman–Crippen MR) is 170 cm³/mol. The van der Waals surface area contributed by atoms with Crippen LogP contribution in [0.1, 0.15) is 5.56 Å². The van der Waals surface area contributed by atoms with Crippen LogP contribution in [-0.2, 0) is 25.8 Å².